The summed E-state index contributed by atoms with van der Waals surface area (Å²) in [5.41, 5.74) is -2.50. The van der Waals surface area contributed by atoms with E-state index in [9.17, 15) is 32.0 Å². The van der Waals surface area contributed by atoms with E-state index in [1.165, 1.54) is 12.0 Å². The highest BCUT2D eigenvalue weighted by molar-refractivity contribution is 7.91. The van der Waals surface area contributed by atoms with E-state index in [-0.39, 0.29) is 49.9 Å². The normalized spacial score (nSPS) is 29.2. The van der Waals surface area contributed by atoms with Gasteiger partial charge in [-0.1, -0.05) is 50.6 Å². The number of sulfonamides is 1. The molecule has 7 atom stereocenters. The fourth-order valence-corrected chi connectivity index (χ4v) is 9.33. The molecule has 6 rings (SSSR count). The maximum Gasteiger partial charge on any atom is 0.408 e. The number of nitrogens with zero attached hydrogens (tertiary/aromatic N) is 2. The number of rotatable bonds is 9. The number of alkyl carbamates (subject to hydrolysis) is 1. The monoisotopic (exact) mass is 799 g/mol. The summed E-state index contributed by atoms with van der Waals surface area (Å²) in [7, 11) is -2.90. The zero-order chi connectivity index (χ0) is 40.6. The molecule has 1 aromatic heterocycles. The van der Waals surface area contributed by atoms with Gasteiger partial charge in [0.25, 0.3) is 5.91 Å². The van der Waals surface area contributed by atoms with E-state index in [1.807, 2.05) is 43.3 Å². The average Bonchev–Trinajstić information content (AvgIpc) is 4.05. The van der Waals surface area contributed by atoms with Gasteiger partial charge in [0.05, 0.1) is 13.7 Å². The molecular formula is C40H54FN5O9S. The van der Waals surface area contributed by atoms with Gasteiger partial charge in [0.1, 0.15) is 40.7 Å². The third-order valence-corrected chi connectivity index (χ3v) is 13.6. The van der Waals surface area contributed by atoms with Gasteiger partial charge in [-0.2, -0.15) is 4.98 Å². The van der Waals surface area contributed by atoms with Crippen molar-refractivity contribution in [3.8, 4) is 11.8 Å². The number of carbonyl (C=O) groups is 4. The van der Waals surface area contributed by atoms with Crippen molar-refractivity contribution in [1.82, 2.24) is 25.2 Å². The number of hydrogen-bond donors (Lipinski definition) is 3. The standard InChI is InChI=1S/C40H54FN5O9S/c1-7-25-18-24(2)12-8-10-14-27-21-40(27,36(49)45-56(51,52)39(23-41)16-17-39)44-33(47)30-20-28(22-46(30)35(48)32(25)43-37(50)55-38(3,4)5)54-34-29-15-11-9-13-26(29)19-31(42-34)53-6/h9-11,13-15,19,24-25,27-28,30,32H,7-8,12,16-18,20-23H2,1-6H3,(H,43,50)(H,44,47)(H,45,49). The second-order valence-corrected chi connectivity index (χ2v) is 18.9. The van der Waals surface area contributed by atoms with Crippen LogP contribution in [0.1, 0.15) is 86.0 Å². The molecule has 3 heterocycles. The minimum absolute atomic E-state index is 0.0153. The summed E-state index contributed by atoms with van der Waals surface area (Å²) in [5, 5.41) is 7.16. The van der Waals surface area contributed by atoms with Crippen molar-refractivity contribution in [2.75, 3.05) is 20.3 Å². The number of fused-ring (bicyclic) bond motifs is 3. The molecule has 4 aliphatic rings. The minimum atomic E-state index is -4.39. The van der Waals surface area contributed by atoms with Crippen molar-refractivity contribution in [3.05, 3.63) is 42.5 Å². The van der Waals surface area contributed by atoms with E-state index in [4.69, 9.17) is 14.2 Å². The Morgan fingerprint density at radius 3 is 2.54 bits per heavy atom. The number of methoxy groups -OCH3 is 1. The van der Waals surface area contributed by atoms with Crippen LogP contribution in [0.2, 0.25) is 0 Å². The second kappa shape index (κ2) is 15.8. The predicted molar refractivity (Wildman–Crippen MR) is 206 cm³/mol. The molecular weight excluding hydrogens is 746 g/mol. The number of hydrogen-bond acceptors (Lipinski definition) is 10. The van der Waals surface area contributed by atoms with Crippen molar-refractivity contribution in [1.29, 1.82) is 0 Å². The Balaban J connectivity index is 1.37. The number of nitrogens with one attached hydrogen (secondary N) is 3. The Hall–Kier alpha value is -4.47. The Kier molecular flexibility index (Phi) is 11.6. The molecule has 2 saturated carbocycles. The number of alkyl halides is 1. The Morgan fingerprint density at radius 1 is 1.14 bits per heavy atom. The van der Waals surface area contributed by atoms with Gasteiger partial charge in [-0.3, -0.25) is 19.1 Å². The molecule has 306 valence electrons. The second-order valence-electron chi connectivity index (χ2n) is 16.8. The lowest BCUT2D eigenvalue weighted by Gasteiger charge is -2.34. The summed E-state index contributed by atoms with van der Waals surface area (Å²) >= 11 is 0. The fraction of sp³-hybridized carbons (Fsp3) is 0.625. The number of ether oxygens (including phenoxy) is 3. The number of benzene rings is 1. The largest absolute Gasteiger partial charge is 0.481 e. The van der Waals surface area contributed by atoms with Crippen LogP contribution < -0.4 is 24.8 Å². The Morgan fingerprint density at radius 2 is 1.88 bits per heavy atom. The van der Waals surface area contributed by atoms with Gasteiger partial charge in [0.2, 0.25) is 33.6 Å². The highest BCUT2D eigenvalue weighted by Crippen LogP contribution is 2.48. The summed E-state index contributed by atoms with van der Waals surface area (Å²) in [6, 6.07) is 6.91. The molecule has 7 unspecified atom stereocenters. The number of amides is 4. The van der Waals surface area contributed by atoms with E-state index in [1.54, 1.807) is 26.8 Å². The molecule has 2 aliphatic heterocycles. The molecule has 1 saturated heterocycles. The van der Waals surface area contributed by atoms with Gasteiger partial charge in [-0.05, 0) is 82.6 Å². The first-order valence-electron chi connectivity index (χ1n) is 19.5. The molecule has 3 fully saturated rings. The average molecular weight is 800 g/mol. The molecule has 2 aromatic rings. The van der Waals surface area contributed by atoms with Gasteiger partial charge >= 0.3 is 6.09 Å². The van der Waals surface area contributed by atoms with E-state index in [2.05, 4.69) is 27.3 Å². The van der Waals surface area contributed by atoms with Crippen molar-refractivity contribution in [2.45, 2.75) is 120 Å². The Bertz CT molecular complexity index is 1980. The van der Waals surface area contributed by atoms with Crippen LogP contribution in [0, 0.1) is 17.8 Å². The van der Waals surface area contributed by atoms with Crippen molar-refractivity contribution in [2.24, 2.45) is 17.8 Å². The first-order chi connectivity index (χ1) is 26.4. The first-order valence-corrected chi connectivity index (χ1v) is 20.9. The summed E-state index contributed by atoms with van der Waals surface area (Å²) in [5.74, 6) is -2.39. The van der Waals surface area contributed by atoms with Gasteiger partial charge in [0.15, 0.2) is 0 Å². The molecule has 16 heteroatoms. The summed E-state index contributed by atoms with van der Waals surface area (Å²) in [6.45, 7) is 7.98. The van der Waals surface area contributed by atoms with E-state index in [0.29, 0.717) is 30.5 Å². The lowest BCUT2D eigenvalue weighted by Crippen LogP contribution is -2.59. The van der Waals surface area contributed by atoms with Gasteiger partial charge < -0.3 is 29.7 Å². The molecule has 0 spiro atoms. The predicted octanol–water partition coefficient (Wildman–Crippen LogP) is 4.71. The van der Waals surface area contributed by atoms with Gasteiger partial charge in [-0.15, -0.1) is 0 Å². The molecule has 0 radical (unpaired) electrons. The Labute approximate surface area is 327 Å². The number of halogens is 1. The van der Waals surface area contributed by atoms with E-state index in [0.717, 1.165) is 11.8 Å². The molecule has 2 aliphatic carbocycles. The fourth-order valence-electron chi connectivity index (χ4n) is 7.90. The summed E-state index contributed by atoms with van der Waals surface area (Å²) in [6.07, 6.45) is 4.94. The lowest BCUT2D eigenvalue weighted by molar-refractivity contribution is -0.142. The van der Waals surface area contributed by atoms with Gasteiger partial charge in [-0.25, -0.2) is 17.6 Å². The smallest absolute Gasteiger partial charge is 0.408 e. The molecule has 3 N–H and O–H groups in total. The molecule has 14 nitrogen and oxygen atoms in total. The van der Waals surface area contributed by atoms with Crippen LogP contribution >= 0.6 is 0 Å². The third kappa shape index (κ3) is 8.59. The topological polar surface area (TPSA) is 182 Å². The number of pyridine rings is 1. The van der Waals surface area contributed by atoms with Crippen molar-refractivity contribution >= 4 is 44.6 Å². The SMILES string of the molecule is CCC1CC(C)CCC=CC2CC2(C(=O)NS(=O)(=O)C2(CF)CC2)NC(=O)C2CC(Oc3nc(OC)cc4ccccc34)CN2C(=O)C1NC(=O)OC(C)(C)C. The number of allylic oxidation sites excluding steroid dienone is 1. The summed E-state index contributed by atoms with van der Waals surface area (Å²) < 4.78 is 58.2. The number of aromatic nitrogens is 1. The maximum atomic E-state index is 14.9. The summed E-state index contributed by atoms with van der Waals surface area (Å²) in [4.78, 5) is 62.6. The highest BCUT2D eigenvalue weighted by Gasteiger charge is 2.64. The third-order valence-electron chi connectivity index (χ3n) is 11.5. The quantitative estimate of drug-likeness (QED) is 0.301. The molecule has 56 heavy (non-hydrogen) atoms. The van der Waals surface area contributed by atoms with Crippen molar-refractivity contribution < 1.29 is 46.2 Å². The maximum absolute atomic E-state index is 14.9. The van der Waals surface area contributed by atoms with E-state index < -0.39 is 80.5 Å². The molecule has 0 bridgehead atoms. The lowest BCUT2D eigenvalue weighted by atomic mass is 9.85. The molecule has 1 aromatic carbocycles. The molecule has 4 amide bonds. The van der Waals surface area contributed by atoms with Crippen LogP contribution in [0.15, 0.2) is 42.5 Å². The van der Waals surface area contributed by atoms with Crippen molar-refractivity contribution in [3.63, 3.8) is 0 Å². The van der Waals surface area contributed by atoms with Crippen LogP contribution in [0.5, 0.6) is 11.8 Å². The minimum Gasteiger partial charge on any atom is -0.481 e. The zero-order valence-electron chi connectivity index (χ0n) is 32.9. The van der Waals surface area contributed by atoms with Crippen LogP contribution in [0.25, 0.3) is 10.8 Å². The van der Waals surface area contributed by atoms with Gasteiger partial charge in [0, 0.05) is 23.8 Å². The zero-order valence-corrected chi connectivity index (χ0v) is 33.7. The number of carbonyl (C=O) groups excluding carboxylic acids is 4. The van der Waals surface area contributed by atoms with Crippen LogP contribution in [0.3, 0.4) is 0 Å². The van der Waals surface area contributed by atoms with Crippen LogP contribution in [-0.4, -0.2) is 96.5 Å². The van der Waals surface area contributed by atoms with Crippen LogP contribution in [-0.2, 0) is 29.1 Å². The van der Waals surface area contributed by atoms with E-state index >= 15 is 0 Å². The first kappa shape index (κ1) is 41.2. The van der Waals surface area contributed by atoms with Crippen LogP contribution in [0.4, 0.5) is 9.18 Å². The highest BCUT2D eigenvalue weighted by atomic mass is 32.2.